The Balaban J connectivity index is 2.22. The highest BCUT2D eigenvalue weighted by molar-refractivity contribution is 5.46. The maximum atomic E-state index is 11.5. The highest BCUT2D eigenvalue weighted by Gasteiger charge is 2.44. The van der Waals surface area contributed by atoms with Gasteiger partial charge in [0.1, 0.15) is 5.60 Å². The van der Waals surface area contributed by atoms with Crippen LogP contribution in [0.3, 0.4) is 0 Å². The van der Waals surface area contributed by atoms with Crippen LogP contribution in [0.4, 0.5) is 0 Å². The largest absolute Gasteiger partial charge is 0.381 e. The molecule has 0 amide bonds. The molecular formula is C22H26O3. The van der Waals surface area contributed by atoms with Gasteiger partial charge in [-0.25, -0.2) is 0 Å². The molecular weight excluding hydrogens is 312 g/mol. The molecule has 1 aliphatic rings. The van der Waals surface area contributed by atoms with Crippen LogP contribution in [0.1, 0.15) is 37.0 Å². The molecule has 0 saturated carbocycles. The molecule has 1 aliphatic carbocycles. The lowest BCUT2D eigenvalue weighted by atomic mass is 9.80. The second-order valence-electron chi connectivity index (χ2n) is 6.83. The molecule has 132 valence electrons. The van der Waals surface area contributed by atoms with E-state index in [1.54, 1.807) is 14.2 Å². The maximum Gasteiger partial charge on any atom is 0.222 e. The lowest BCUT2D eigenvalue weighted by molar-refractivity contribution is -0.185. The summed E-state index contributed by atoms with van der Waals surface area (Å²) in [5, 5.41) is 11.5. The van der Waals surface area contributed by atoms with Crippen LogP contribution < -0.4 is 0 Å². The molecule has 2 aromatic rings. The zero-order valence-electron chi connectivity index (χ0n) is 15.3. The monoisotopic (exact) mass is 338 g/mol. The number of methoxy groups -OCH3 is 2. The Kier molecular flexibility index (Phi) is 4.83. The van der Waals surface area contributed by atoms with Crippen LogP contribution in [0, 0.1) is 5.92 Å². The van der Waals surface area contributed by atoms with Gasteiger partial charge < -0.3 is 14.6 Å². The van der Waals surface area contributed by atoms with E-state index in [1.165, 1.54) is 0 Å². The minimum Gasteiger partial charge on any atom is -0.381 e. The second kappa shape index (κ2) is 6.75. The SMILES string of the molecule is COC(OC)(c1ccccc1)c1ccccc1C1(O)CC(C)C=C1C. The van der Waals surface area contributed by atoms with Crippen molar-refractivity contribution < 1.29 is 14.6 Å². The minimum absolute atomic E-state index is 0.328. The lowest BCUT2D eigenvalue weighted by Gasteiger charge is -2.37. The summed E-state index contributed by atoms with van der Waals surface area (Å²) >= 11 is 0. The summed E-state index contributed by atoms with van der Waals surface area (Å²) in [4.78, 5) is 0. The Morgan fingerprint density at radius 1 is 1.00 bits per heavy atom. The van der Waals surface area contributed by atoms with Crippen LogP contribution >= 0.6 is 0 Å². The van der Waals surface area contributed by atoms with Gasteiger partial charge in [-0.1, -0.05) is 67.6 Å². The Morgan fingerprint density at radius 2 is 1.60 bits per heavy atom. The van der Waals surface area contributed by atoms with E-state index in [9.17, 15) is 5.11 Å². The van der Waals surface area contributed by atoms with Gasteiger partial charge in [-0.15, -0.1) is 0 Å². The second-order valence-corrected chi connectivity index (χ2v) is 6.83. The maximum absolute atomic E-state index is 11.5. The van der Waals surface area contributed by atoms with E-state index in [4.69, 9.17) is 9.47 Å². The third kappa shape index (κ3) is 2.82. The average molecular weight is 338 g/mol. The molecule has 25 heavy (non-hydrogen) atoms. The highest BCUT2D eigenvalue weighted by atomic mass is 16.7. The van der Waals surface area contributed by atoms with E-state index in [0.29, 0.717) is 12.3 Å². The van der Waals surface area contributed by atoms with Crippen LogP contribution in [0.5, 0.6) is 0 Å². The first-order chi connectivity index (χ1) is 12.0. The molecule has 0 aromatic heterocycles. The first-order valence-corrected chi connectivity index (χ1v) is 8.65. The molecule has 1 N–H and O–H groups in total. The van der Waals surface area contributed by atoms with Crippen molar-refractivity contribution in [3.63, 3.8) is 0 Å². The van der Waals surface area contributed by atoms with Crippen molar-refractivity contribution in [1.29, 1.82) is 0 Å². The van der Waals surface area contributed by atoms with Gasteiger partial charge in [-0.3, -0.25) is 0 Å². The van der Waals surface area contributed by atoms with E-state index in [0.717, 1.165) is 22.3 Å². The Bertz CT molecular complexity index is 762. The molecule has 0 aliphatic heterocycles. The normalized spacial score (nSPS) is 23.6. The highest BCUT2D eigenvalue weighted by Crippen LogP contribution is 2.47. The Labute approximate surface area is 149 Å². The van der Waals surface area contributed by atoms with Gasteiger partial charge in [0.15, 0.2) is 0 Å². The van der Waals surface area contributed by atoms with Gasteiger partial charge in [0.05, 0.1) is 0 Å². The van der Waals surface area contributed by atoms with Gasteiger partial charge in [0.2, 0.25) is 5.79 Å². The van der Waals surface area contributed by atoms with Crippen molar-refractivity contribution in [2.24, 2.45) is 5.92 Å². The summed E-state index contributed by atoms with van der Waals surface area (Å²) in [6.45, 7) is 4.12. The molecule has 0 radical (unpaired) electrons. The number of ether oxygens (including phenoxy) is 2. The third-order valence-electron chi connectivity index (χ3n) is 5.26. The van der Waals surface area contributed by atoms with Gasteiger partial charge in [0.25, 0.3) is 0 Å². The molecule has 3 nitrogen and oxygen atoms in total. The fraction of sp³-hybridized carbons (Fsp3) is 0.364. The topological polar surface area (TPSA) is 38.7 Å². The van der Waals surface area contributed by atoms with Crippen molar-refractivity contribution in [2.45, 2.75) is 31.7 Å². The number of aliphatic hydroxyl groups is 1. The zero-order chi connectivity index (χ0) is 18.1. The summed E-state index contributed by atoms with van der Waals surface area (Å²) in [6.07, 6.45) is 2.80. The molecule has 3 heteroatoms. The van der Waals surface area contributed by atoms with Gasteiger partial charge in [-0.2, -0.15) is 0 Å². The number of hydrogen-bond acceptors (Lipinski definition) is 3. The van der Waals surface area contributed by atoms with Crippen LogP contribution in [-0.4, -0.2) is 19.3 Å². The average Bonchev–Trinajstić information content (AvgIpc) is 2.91. The summed E-state index contributed by atoms with van der Waals surface area (Å²) in [7, 11) is 3.27. The van der Waals surface area contributed by atoms with Crippen LogP contribution in [0.2, 0.25) is 0 Å². The van der Waals surface area contributed by atoms with Crippen molar-refractivity contribution in [3.8, 4) is 0 Å². The fourth-order valence-electron chi connectivity index (χ4n) is 4.06. The van der Waals surface area contributed by atoms with E-state index in [-0.39, 0.29) is 0 Å². The van der Waals surface area contributed by atoms with E-state index in [2.05, 4.69) is 13.0 Å². The smallest absolute Gasteiger partial charge is 0.222 e. The molecule has 0 bridgehead atoms. The van der Waals surface area contributed by atoms with Crippen LogP contribution in [-0.2, 0) is 20.9 Å². The van der Waals surface area contributed by atoms with Crippen LogP contribution in [0.15, 0.2) is 66.2 Å². The third-order valence-corrected chi connectivity index (χ3v) is 5.26. The van der Waals surface area contributed by atoms with Crippen molar-refractivity contribution in [2.75, 3.05) is 14.2 Å². The van der Waals surface area contributed by atoms with Crippen LogP contribution in [0.25, 0.3) is 0 Å². The summed E-state index contributed by atoms with van der Waals surface area (Å²) < 4.78 is 11.8. The molecule has 2 atom stereocenters. The molecule has 0 saturated heterocycles. The van der Waals surface area contributed by atoms with Crippen molar-refractivity contribution >= 4 is 0 Å². The summed E-state index contributed by atoms with van der Waals surface area (Å²) in [6, 6.07) is 17.7. The number of hydrogen-bond donors (Lipinski definition) is 1. The minimum atomic E-state index is -1.07. The number of allylic oxidation sites excluding steroid dienone is 1. The van der Waals surface area contributed by atoms with Crippen molar-refractivity contribution in [1.82, 2.24) is 0 Å². The van der Waals surface area contributed by atoms with Crippen molar-refractivity contribution in [3.05, 3.63) is 82.9 Å². The predicted molar refractivity (Wildman–Crippen MR) is 99.1 cm³/mol. The molecule has 3 rings (SSSR count). The molecule has 0 fully saturated rings. The standard InChI is InChI=1S/C22H26O3/c1-16-14-17(2)21(23,15-16)19-12-8-9-13-20(19)22(24-3,25-4)18-10-6-5-7-11-18/h5-14,16,23H,15H2,1-4H3. The Hall–Kier alpha value is -1.94. The number of rotatable bonds is 5. The summed E-state index contributed by atoms with van der Waals surface area (Å²) in [5.74, 6) is -0.742. The first kappa shape index (κ1) is 17.9. The first-order valence-electron chi connectivity index (χ1n) is 8.65. The van der Waals surface area contributed by atoms with E-state index < -0.39 is 11.4 Å². The predicted octanol–water partition coefficient (Wildman–Crippen LogP) is 4.35. The molecule has 2 aromatic carbocycles. The number of benzene rings is 2. The Morgan fingerprint density at radius 3 is 2.16 bits per heavy atom. The summed E-state index contributed by atoms with van der Waals surface area (Å²) in [5.41, 5.74) is 2.52. The van der Waals surface area contributed by atoms with E-state index in [1.807, 2.05) is 61.5 Å². The van der Waals surface area contributed by atoms with E-state index >= 15 is 0 Å². The fourth-order valence-corrected chi connectivity index (χ4v) is 4.06. The quantitative estimate of drug-likeness (QED) is 0.650. The molecule has 0 spiro atoms. The molecule has 0 heterocycles. The van der Waals surface area contributed by atoms with Gasteiger partial charge >= 0.3 is 0 Å². The van der Waals surface area contributed by atoms with Gasteiger partial charge in [-0.05, 0) is 30.4 Å². The molecule has 2 unspecified atom stereocenters. The lowest BCUT2D eigenvalue weighted by Crippen LogP contribution is -2.37. The zero-order valence-corrected chi connectivity index (χ0v) is 15.3. The van der Waals surface area contributed by atoms with Gasteiger partial charge in [0, 0.05) is 25.3 Å².